The van der Waals surface area contributed by atoms with Crippen molar-refractivity contribution >= 4 is 0 Å². The molecule has 4 unspecified atom stereocenters. The Labute approximate surface area is 81.7 Å². The summed E-state index contributed by atoms with van der Waals surface area (Å²) in [7, 11) is 0. The molecule has 2 aliphatic rings. The van der Waals surface area contributed by atoms with E-state index >= 15 is 0 Å². The minimum Gasteiger partial charge on any atom is -0.0988 e. The van der Waals surface area contributed by atoms with Gasteiger partial charge < -0.3 is 0 Å². The molecule has 72 valence electrons. The summed E-state index contributed by atoms with van der Waals surface area (Å²) >= 11 is 0. The van der Waals surface area contributed by atoms with Crippen LogP contribution in [0.2, 0.25) is 0 Å². The fourth-order valence-corrected chi connectivity index (χ4v) is 2.50. The molecule has 0 aromatic heterocycles. The maximum atomic E-state index is 3.96. The molecule has 0 saturated heterocycles. The molecule has 0 bridgehead atoms. The molecular weight excluding hydrogens is 156 g/mol. The molecule has 13 heavy (non-hydrogen) atoms. The Balaban J connectivity index is 2.13. The number of hydrogen-bond acceptors (Lipinski definition) is 0. The minimum absolute atomic E-state index is 0.852. The van der Waals surface area contributed by atoms with Crippen LogP contribution < -0.4 is 0 Å². The van der Waals surface area contributed by atoms with E-state index in [-0.39, 0.29) is 0 Å². The van der Waals surface area contributed by atoms with Gasteiger partial charge in [0.25, 0.3) is 0 Å². The van der Waals surface area contributed by atoms with E-state index in [0.29, 0.717) is 0 Å². The van der Waals surface area contributed by atoms with Gasteiger partial charge in [0.15, 0.2) is 0 Å². The molecule has 0 N–H and O–H groups in total. The van der Waals surface area contributed by atoms with E-state index in [9.17, 15) is 0 Å². The van der Waals surface area contributed by atoms with Crippen LogP contribution in [-0.2, 0) is 0 Å². The van der Waals surface area contributed by atoms with Crippen molar-refractivity contribution in [2.75, 3.05) is 0 Å². The van der Waals surface area contributed by atoms with Gasteiger partial charge in [0.05, 0.1) is 0 Å². The zero-order valence-electron chi connectivity index (χ0n) is 9.01. The van der Waals surface area contributed by atoms with Crippen LogP contribution in [-0.4, -0.2) is 0 Å². The highest BCUT2D eigenvalue weighted by Gasteiger charge is 2.40. The van der Waals surface area contributed by atoms with E-state index in [2.05, 4.69) is 33.4 Å². The van der Waals surface area contributed by atoms with Crippen molar-refractivity contribution in [3.8, 4) is 0 Å². The monoisotopic (exact) mass is 176 g/mol. The molecule has 2 aliphatic carbocycles. The molecule has 0 aromatic rings. The summed E-state index contributed by atoms with van der Waals surface area (Å²) in [5.41, 5.74) is 3.21. The van der Waals surface area contributed by atoms with Crippen LogP contribution in [0.3, 0.4) is 0 Å². The lowest BCUT2D eigenvalue weighted by molar-refractivity contribution is 0.805. The maximum Gasteiger partial charge on any atom is -0.0134 e. The van der Waals surface area contributed by atoms with Crippen LogP contribution in [0, 0.1) is 23.7 Å². The second kappa shape index (κ2) is 3.01. The Morgan fingerprint density at radius 1 is 1.15 bits per heavy atom. The van der Waals surface area contributed by atoms with Gasteiger partial charge in [-0.25, -0.2) is 0 Å². The summed E-state index contributed by atoms with van der Waals surface area (Å²) in [6, 6.07) is 0. The molecule has 2 saturated carbocycles. The molecule has 2 rings (SSSR count). The highest BCUT2D eigenvalue weighted by molar-refractivity contribution is 5.33. The van der Waals surface area contributed by atoms with Crippen molar-refractivity contribution in [3.05, 3.63) is 23.8 Å². The van der Waals surface area contributed by atoms with E-state index in [1.54, 1.807) is 11.1 Å². The third kappa shape index (κ3) is 1.59. The van der Waals surface area contributed by atoms with Crippen molar-refractivity contribution in [2.45, 2.75) is 33.6 Å². The number of allylic oxidation sites excluding steroid dienone is 3. The van der Waals surface area contributed by atoms with Gasteiger partial charge in [0, 0.05) is 0 Å². The van der Waals surface area contributed by atoms with Gasteiger partial charge in [-0.15, -0.1) is 0 Å². The lowest BCUT2D eigenvalue weighted by Crippen LogP contribution is -1.92. The summed E-state index contributed by atoms with van der Waals surface area (Å²) in [6.45, 7) is 11.0. The molecule has 0 aliphatic heterocycles. The molecule has 0 heteroatoms. The molecule has 4 atom stereocenters. The fraction of sp³-hybridized carbons (Fsp3) is 0.692. The van der Waals surface area contributed by atoms with Gasteiger partial charge in [-0.2, -0.15) is 0 Å². The first-order chi connectivity index (χ1) is 6.15. The predicted molar refractivity (Wildman–Crippen MR) is 57.4 cm³/mol. The second-order valence-electron chi connectivity index (χ2n) is 4.98. The molecule has 0 heterocycles. The van der Waals surface area contributed by atoms with Gasteiger partial charge in [-0.3, -0.25) is 0 Å². The first-order valence-corrected chi connectivity index (χ1v) is 5.48. The minimum atomic E-state index is 0.852. The average molecular weight is 176 g/mol. The number of hydrogen-bond donors (Lipinski definition) is 0. The van der Waals surface area contributed by atoms with Crippen LogP contribution in [0.25, 0.3) is 0 Å². The van der Waals surface area contributed by atoms with Gasteiger partial charge in [0.2, 0.25) is 0 Å². The van der Waals surface area contributed by atoms with Gasteiger partial charge in [0.1, 0.15) is 0 Å². The molecule has 2 fully saturated rings. The van der Waals surface area contributed by atoms with Crippen LogP contribution in [0.15, 0.2) is 23.8 Å². The Hall–Kier alpha value is -0.520. The molecule has 0 nitrogen and oxygen atoms in total. The smallest absolute Gasteiger partial charge is 0.0134 e. The first kappa shape index (κ1) is 9.05. The molecule has 0 amide bonds. The molecule has 0 spiro atoms. The summed E-state index contributed by atoms with van der Waals surface area (Å²) < 4.78 is 0. The van der Waals surface area contributed by atoms with Crippen molar-refractivity contribution in [3.63, 3.8) is 0 Å². The van der Waals surface area contributed by atoms with Gasteiger partial charge in [-0.1, -0.05) is 32.1 Å². The van der Waals surface area contributed by atoms with E-state index in [0.717, 1.165) is 23.7 Å². The van der Waals surface area contributed by atoms with E-state index in [1.807, 2.05) is 0 Å². The van der Waals surface area contributed by atoms with Crippen molar-refractivity contribution in [2.24, 2.45) is 23.7 Å². The lowest BCUT2D eigenvalue weighted by Gasteiger charge is -2.06. The van der Waals surface area contributed by atoms with Crippen LogP contribution in [0.1, 0.15) is 33.6 Å². The second-order valence-corrected chi connectivity index (χ2v) is 4.98. The Morgan fingerprint density at radius 2 is 1.62 bits per heavy atom. The number of rotatable bonds is 3. The van der Waals surface area contributed by atoms with E-state index < -0.39 is 0 Å². The Bertz CT molecular complexity index is 259. The van der Waals surface area contributed by atoms with Crippen LogP contribution >= 0.6 is 0 Å². The van der Waals surface area contributed by atoms with E-state index in [4.69, 9.17) is 0 Å². The standard InChI is InChI=1S/C13H20/c1-5-11(13-7-9(13)3)10(4)12-6-8(12)2/h5,8-9,12-13H,1,6-7H2,2-4H3. The van der Waals surface area contributed by atoms with E-state index in [1.165, 1.54) is 12.8 Å². The van der Waals surface area contributed by atoms with Crippen molar-refractivity contribution in [1.82, 2.24) is 0 Å². The quantitative estimate of drug-likeness (QED) is 0.574. The largest absolute Gasteiger partial charge is 0.0988 e. The third-order valence-corrected chi connectivity index (χ3v) is 3.85. The third-order valence-electron chi connectivity index (χ3n) is 3.85. The Kier molecular flexibility index (Phi) is 2.09. The average Bonchev–Trinajstić information content (AvgIpc) is 2.94. The molecule has 0 aromatic carbocycles. The summed E-state index contributed by atoms with van der Waals surface area (Å²) in [5, 5.41) is 0. The zero-order valence-corrected chi connectivity index (χ0v) is 9.01. The Morgan fingerprint density at radius 3 is 1.92 bits per heavy atom. The normalized spacial score (nSPS) is 43.9. The summed E-state index contributed by atoms with van der Waals surface area (Å²) in [6.07, 6.45) is 4.90. The molecular formula is C13H20. The van der Waals surface area contributed by atoms with Crippen LogP contribution in [0.4, 0.5) is 0 Å². The summed E-state index contributed by atoms with van der Waals surface area (Å²) in [5.74, 6) is 3.59. The van der Waals surface area contributed by atoms with Crippen molar-refractivity contribution < 1.29 is 0 Å². The lowest BCUT2D eigenvalue weighted by atomic mass is 9.99. The van der Waals surface area contributed by atoms with Gasteiger partial charge >= 0.3 is 0 Å². The SMILES string of the molecule is C=CC(=C(C)C1CC1C)C1CC1C. The molecule has 0 radical (unpaired) electrons. The first-order valence-electron chi connectivity index (χ1n) is 5.48. The van der Waals surface area contributed by atoms with Gasteiger partial charge in [-0.05, 0) is 49.0 Å². The predicted octanol–water partition coefficient (Wildman–Crippen LogP) is 3.80. The van der Waals surface area contributed by atoms with Crippen molar-refractivity contribution in [1.29, 1.82) is 0 Å². The summed E-state index contributed by atoms with van der Waals surface area (Å²) in [4.78, 5) is 0. The van der Waals surface area contributed by atoms with Crippen LogP contribution in [0.5, 0.6) is 0 Å². The zero-order chi connectivity index (χ0) is 9.59. The maximum absolute atomic E-state index is 3.96. The topological polar surface area (TPSA) is 0 Å². The fourth-order valence-electron chi connectivity index (χ4n) is 2.50. The highest BCUT2D eigenvalue weighted by Crippen LogP contribution is 2.51. The highest BCUT2D eigenvalue weighted by atomic mass is 14.4.